The molecule has 4 heterocycles. The summed E-state index contributed by atoms with van der Waals surface area (Å²) in [5.41, 5.74) is 5.65. The Morgan fingerprint density at radius 1 is 1.05 bits per heavy atom. The second-order valence-corrected chi connectivity index (χ2v) is 10.5. The van der Waals surface area contributed by atoms with Crippen LogP contribution in [-0.4, -0.2) is 32.7 Å². The van der Waals surface area contributed by atoms with Crippen molar-refractivity contribution in [2.75, 3.05) is 7.11 Å². The maximum Gasteiger partial charge on any atom is 0.302 e. The topological polar surface area (TPSA) is 101 Å². The van der Waals surface area contributed by atoms with Gasteiger partial charge in [0.15, 0.2) is 11.4 Å². The average Bonchev–Trinajstić information content (AvgIpc) is 3.66. The molecule has 9 nitrogen and oxygen atoms in total. The quantitative estimate of drug-likeness (QED) is 0.196. The minimum Gasteiger partial charge on any atom is -0.496 e. The summed E-state index contributed by atoms with van der Waals surface area (Å²) in [6.45, 7) is 5.87. The molecule has 4 aromatic heterocycles. The molecule has 10 heteroatoms. The number of ether oxygens (including phenoxy) is 3. The summed E-state index contributed by atoms with van der Waals surface area (Å²) in [7, 11) is 1.61. The molecule has 202 valence electrons. The van der Waals surface area contributed by atoms with Crippen molar-refractivity contribution in [2.45, 2.75) is 34.0 Å². The fraction of sp³-hybridized carbons (Fsp3) is 0.200. The Labute approximate surface area is 234 Å². The smallest absolute Gasteiger partial charge is 0.302 e. The van der Waals surface area contributed by atoms with Crippen LogP contribution in [0.25, 0.3) is 38.6 Å². The Hall–Kier alpha value is -4.70. The molecular formula is C30H26N4O5S. The third-order valence-corrected chi connectivity index (χ3v) is 7.45. The predicted octanol–water partition coefficient (Wildman–Crippen LogP) is 6.53. The summed E-state index contributed by atoms with van der Waals surface area (Å²) in [6, 6.07) is 17.3. The molecule has 0 N–H and O–H groups in total. The van der Waals surface area contributed by atoms with E-state index in [2.05, 4.69) is 10.1 Å². The lowest BCUT2D eigenvalue weighted by molar-refractivity contribution is -0.142. The van der Waals surface area contributed by atoms with Crippen molar-refractivity contribution in [1.29, 1.82) is 0 Å². The molecule has 40 heavy (non-hydrogen) atoms. The van der Waals surface area contributed by atoms with E-state index in [4.69, 9.17) is 23.6 Å². The SMILES string of the molecule is COc1cc(OCc2nc(-c3cccc(COC(C)=O)c3)sc2C)c2cc(-c3cn4nc(C)ccc4n3)oc2c1. The van der Waals surface area contributed by atoms with Crippen LogP contribution in [0.2, 0.25) is 0 Å². The van der Waals surface area contributed by atoms with E-state index in [-0.39, 0.29) is 19.2 Å². The van der Waals surface area contributed by atoms with Crippen molar-refractivity contribution < 1.29 is 23.4 Å². The van der Waals surface area contributed by atoms with Gasteiger partial charge in [-0.3, -0.25) is 4.79 Å². The molecule has 0 radical (unpaired) electrons. The third-order valence-electron chi connectivity index (χ3n) is 6.39. The predicted molar refractivity (Wildman–Crippen MR) is 152 cm³/mol. The first-order valence-electron chi connectivity index (χ1n) is 12.6. The van der Waals surface area contributed by atoms with Crippen molar-refractivity contribution in [2.24, 2.45) is 0 Å². The lowest BCUT2D eigenvalue weighted by Gasteiger charge is -2.08. The minimum atomic E-state index is -0.309. The molecule has 0 aliphatic carbocycles. The zero-order valence-corrected chi connectivity index (χ0v) is 23.2. The lowest BCUT2D eigenvalue weighted by Crippen LogP contribution is -1.99. The highest BCUT2D eigenvalue weighted by molar-refractivity contribution is 7.15. The van der Waals surface area contributed by atoms with Crippen molar-refractivity contribution in [3.63, 3.8) is 0 Å². The number of aryl methyl sites for hydroxylation is 2. The first kappa shape index (κ1) is 25.6. The number of thiazole rings is 1. The molecule has 0 spiro atoms. The summed E-state index contributed by atoms with van der Waals surface area (Å²) in [5.74, 6) is 1.55. The van der Waals surface area contributed by atoms with E-state index in [9.17, 15) is 4.79 Å². The molecule has 6 rings (SSSR count). The van der Waals surface area contributed by atoms with Gasteiger partial charge in [0.05, 0.1) is 30.1 Å². The molecule has 2 aromatic carbocycles. The fourth-order valence-electron chi connectivity index (χ4n) is 4.35. The van der Waals surface area contributed by atoms with Gasteiger partial charge in [-0.25, -0.2) is 14.5 Å². The number of aromatic nitrogens is 4. The lowest BCUT2D eigenvalue weighted by atomic mass is 10.1. The van der Waals surface area contributed by atoms with Gasteiger partial charge in [0.25, 0.3) is 0 Å². The Bertz CT molecular complexity index is 1870. The van der Waals surface area contributed by atoms with Crippen LogP contribution in [0.4, 0.5) is 0 Å². The highest BCUT2D eigenvalue weighted by atomic mass is 32.1. The van der Waals surface area contributed by atoms with Gasteiger partial charge in [0.1, 0.15) is 41.0 Å². The fourth-order valence-corrected chi connectivity index (χ4v) is 5.27. The van der Waals surface area contributed by atoms with Crippen LogP contribution in [0.3, 0.4) is 0 Å². The maximum absolute atomic E-state index is 11.2. The summed E-state index contributed by atoms with van der Waals surface area (Å²) in [6.07, 6.45) is 1.85. The highest BCUT2D eigenvalue weighted by Crippen LogP contribution is 2.37. The van der Waals surface area contributed by atoms with Crippen LogP contribution in [0.5, 0.6) is 11.5 Å². The van der Waals surface area contributed by atoms with E-state index in [1.165, 1.54) is 6.92 Å². The van der Waals surface area contributed by atoms with Gasteiger partial charge < -0.3 is 18.6 Å². The first-order valence-corrected chi connectivity index (χ1v) is 13.4. The summed E-state index contributed by atoms with van der Waals surface area (Å²) < 4.78 is 24.9. The number of hydrogen-bond acceptors (Lipinski definition) is 9. The number of carbonyl (C=O) groups excluding carboxylic acids is 1. The van der Waals surface area contributed by atoms with Gasteiger partial charge in [0.2, 0.25) is 0 Å². The van der Waals surface area contributed by atoms with Gasteiger partial charge >= 0.3 is 5.97 Å². The third kappa shape index (κ3) is 5.13. The van der Waals surface area contributed by atoms with Crippen LogP contribution in [0.1, 0.15) is 28.8 Å². The van der Waals surface area contributed by atoms with E-state index >= 15 is 0 Å². The van der Waals surface area contributed by atoms with Gasteiger partial charge in [-0.1, -0.05) is 18.2 Å². The molecular weight excluding hydrogens is 528 g/mol. The number of esters is 1. The van der Waals surface area contributed by atoms with Crippen molar-refractivity contribution in [3.05, 3.63) is 82.6 Å². The van der Waals surface area contributed by atoms with Gasteiger partial charge in [-0.05, 0) is 43.7 Å². The monoisotopic (exact) mass is 554 g/mol. The number of imidazole rings is 1. The molecule has 0 saturated carbocycles. The Morgan fingerprint density at radius 3 is 2.75 bits per heavy atom. The average molecular weight is 555 g/mol. The van der Waals surface area contributed by atoms with Crippen LogP contribution >= 0.6 is 11.3 Å². The van der Waals surface area contributed by atoms with E-state index in [0.29, 0.717) is 28.5 Å². The van der Waals surface area contributed by atoms with Crippen molar-refractivity contribution >= 4 is 33.9 Å². The van der Waals surface area contributed by atoms with Crippen LogP contribution in [0.15, 0.2) is 65.2 Å². The number of methoxy groups -OCH3 is 1. The highest BCUT2D eigenvalue weighted by Gasteiger charge is 2.17. The molecule has 0 bridgehead atoms. The number of nitrogens with zero attached hydrogens (tertiary/aromatic N) is 4. The number of furan rings is 1. The van der Waals surface area contributed by atoms with Gasteiger partial charge in [-0.2, -0.15) is 5.10 Å². The van der Waals surface area contributed by atoms with Crippen molar-refractivity contribution in [1.82, 2.24) is 19.6 Å². The Kier molecular flexibility index (Phi) is 6.69. The summed E-state index contributed by atoms with van der Waals surface area (Å²) >= 11 is 1.59. The van der Waals surface area contributed by atoms with E-state index < -0.39 is 0 Å². The largest absolute Gasteiger partial charge is 0.496 e. The molecule has 0 aliphatic heterocycles. The number of benzene rings is 2. The van der Waals surface area contributed by atoms with Crippen LogP contribution in [-0.2, 0) is 22.7 Å². The van der Waals surface area contributed by atoms with Crippen LogP contribution < -0.4 is 9.47 Å². The second-order valence-electron chi connectivity index (χ2n) is 9.34. The molecule has 0 atom stereocenters. The minimum absolute atomic E-state index is 0.229. The van der Waals surface area contributed by atoms with E-state index in [0.717, 1.165) is 43.4 Å². The van der Waals surface area contributed by atoms with Crippen LogP contribution in [0, 0.1) is 13.8 Å². The summed E-state index contributed by atoms with van der Waals surface area (Å²) in [4.78, 5) is 21.7. The van der Waals surface area contributed by atoms with Gasteiger partial charge in [0, 0.05) is 29.5 Å². The van der Waals surface area contributed by atoms with Gasteiger partial charge in [-0.15, -0.1) is 11.3 Å². The molecule has 0 amide bonds. The second kappa shape index (κ2) is 10.5. The Balaban J connectivity index is 1.27. The molecule has 0 unspecified atom stereocenters. The maximum atomic E-state index is 11.2. The molecule has 0 fully saturated rings. The molecule has 6 aromatic rings. The Morgan fingerprint density at radius 2 is 1.93 bits per heavy atom. The number of carbonyl (C=O) groups is 1. The molecule has 0 saturated heterocycles. The van der Waals surface area contributed by atoms with E-state index in [1.807, 2.05) is 74.6 Å². The number of rotatable bonds is 8. The first-order chi connectivity index (χ1) is 19.4. The molecule has 0 aliphatic rings. The van der Waals surface area contributed by atoms with Crippen molar-refractivity contribution in [3.8, 4) is 33.5 Å². The zero-order chi connectivity index (χ0) is 27.8. The number of hydrogen-bond donors (Lipinski definition) is 0. The summed E-state index contributed by atoms with van der Waals surface area (Å²) in [5, 5.41) is 6.16. The normalized spacial score (nSPS) is 11.3. The van der Waals surface area contributed by atoms with E-state index in [1.54, 1.807) is 23.0 Å². The number of fused-ring (bicyclic) bond motifs is 2. The zero-order valence-electron chi connectivity index (χ0n) is 22.4. The standard InChI is InChI=1S/C30H26N4O5S/c1-17-8-9-29-31-24(14-34(29)33-17)28-13-23-26(11-22(36-4)12-27(23)39-28)38-16-25-18(2)40-30(32-25)21-7-5-6-20(10-21)15-37-19(3)35/h5-14H,15-16H2,1-4H3.